The molecule has 0 saturated carbocycles. The lowest BCUT2D eigenvalue weighted by Gasteiger charge is -2.08. The molecule has 4 rings (SSSR count). The van der Waals surface area contributed by atoms with E-state index in [1.807, 2.05) is 0 Å². The third kappa shape index (κ3) is 2.42. The molecule has 0 saturated heterocycles. The molecule has 1 unspecified atom stereocenters. The van der Waals surface area contributed by atoms with E-state index in [4.69, 9.17) is 0 Å². The zero-order valence-corrected chi connectivity index (χ0v) is 13.8. The van der Waals surface area contributed by atoms with Crippen molar-refractivity contribution in [3.8, 4) is 11.4 Å². The molecule has 1 atom stereocenters. The molecule has 1 aliphatic carbocycles. The van der Waals surface area contributed by atoms with Crippen molar-refractivity contribution >= 4 is 11.9 Å². The van der Waals surface area contributed by atoms with Crippen molar-refractivity contribution in [3.63, 3.8) is 0 Å². The fraction of sp³-hybridized carbons (Fsp3) is 0.100. The number of hydrogen-bond donors (Lipinski definition) is 1. The SMILES string of the molecule is CC1C(=Cc2ccc(-n3ccnc3)c(F)c2)C(=O)c2c(O)ccc(F)c21. The van der Waals surface area contributed by atoms with Gasteiger partial charge in [-0.15, -0.1) is 0 Å². The molecular weight excluding hydrogens is 338 g/mol. The summed E-state index contributed by atoms with van der Waals surface area (Å²) < 4.78 is 30.1. The van der Waals surface area contributed by atoms with Gasteiger partial charge in [-0.3, -0.25) is 4.79 Å². The van der Waals surface area contributed by atoms with Gasteiger partial charge in [0, 0.05) is 29.4 Å². The van der Waals surface area contributed by atoms with Gasteiger partial charge in [-0.2, -0.15) is 0 Å². The van der Waals surface area contributed by atoms with Crippen molar-refractivity contribution in [2.75, 3.05) is 0 Å². The molecule has 1 heterocycles. The molecule has 130 valence electrons. The predicted octanol–water partition coefficient (Wildman–Crippen LogP) is 4.24. The highest BCUT2D eigenvalue weighted by Crippen LogP contribution is 2.43. The van der Waals surface area contributed by atoms with Crippen molar-refractivity contribution in [1.29, 1.82) is 0 Å². The van der Waals surface area contributed by atoms with Crippen molar-refractivity contribution in [3.05, 3.63) is 83.0 Å². The zero-order valence-electron chi connectivity index (χ0n) is 13.8. The lowest BCUT2D eigenvalue weighted by molar-refractivity contribution is 0.103. The Morgan fingerprint density at radius 3 is 2.65 bits per heavy atom. The second-order valence-corrected chi connectivity index (χ2v) is 6.19. The van der Waals surface area contributed by atoms with Gasteiger partial charge in [0.1, 0.15) is 17.4 Å². The summed E-state index contributed by atoms with van der Waals surface area (Å²) in [7, 11) is 0. The van der Waals surface area contributed by atoms with Crippen molar-refractivity contribution in [2.24, 2.45) is 0 Å². The van der Waals surface area contributed by atoms with Crippen LogP contribution in [0, 0.1) is 11.6 Å². The molecule has 0 fully saturated rings. The minimum atomic E-state index is -0.538. The molecular formula is C20H14F2N2O2. The number of benzene rings is 2. The van der Waals surface area contributed by atoms with Gasteiger partial charge in [0.15, 0.2) is 5.78 Å². The van der Waals surface area contributed by atoms with E-state index < -0.39 is 23.3 Å². The molecule has 26 heavy (non-hydrogen) atoms. The Bertz CT molecular complexity index is 1060. The van der Waals surface area contributed by atoms with Crippen molar-refractivity contribution < 1.29 is 18.7 Å². The molecule has 1 aromatic heterocycles. The summed E-state index contributed by atoms with van der Waals surface area (Å²) in [6.45, 7) is 1.69. The summed E-state index contributed by atoms with van der Waals surface area (Å²) in [6, 6.07) is 6.87. The van der Waals surface area contributed by atoms with Crippen LogP contribution in [0.4, 0.5) is 8.78 Å². The van der Waals surface area contributed by atoms with E-state index in [0.717, 1.165) is 6.07 Å². The standard InChI is InChI=1S/C20H14F2N2O2/c1-11-13(20(26)19-17(25)5-3-14(21)18(11)19)8-12-2-4-16(15(22)9-12)24-7-6-23-10-24/h2-11,25H,1H3. The Morgan fingerprint density at radius 1 is 1.19 bits per heavy atom. The third-order valence-electron chi connectivity index (χ3n) is 4.64. The molecule has 0 radical (unpaired) electrons. The van der Waals surface area contributed by atoms with Gasteiger partial charge in [-0.1, -0.05) is 13.0 Å². The molecule has 0 aliphatic heterocycles. The first kappa shape index (κ1) is 16.2. The van der Waals surface area contributed by atoms with Gasteiger partial charge in [-0.25, -0.2) is 13.8 Å². The Morgan fingerprint density at radius 2 is 2.00 bits per heavy atom. The van der Waals surface area contributed by atoms with E-state index in [1.54, 1.807) is 36.0 Å². The minimum Gasteiger partial charge on any atom is -0.507 e. The number of phenolic OH excluding ortho intramolecular Hbond substituents is 1. The van der Waals surface area contributed by atoms with Crippen LogP contribution in [0.2, 0.25) is 0 Å². The van der Waals surface area contributed by atoms with Gasteiger partial charge in [0.25, 0.3) is 0 Å². The number of rotatable bonds is 2. The number of halogens is 2. The van der Waals surface area contributed by atoms with Crippen LogP contribution in [0.15, 0.2) is 54.6 Å². The smallest absolute Gasteiger partial charge is 0.193 e. The van der Waals surface area contributed by atoms with E-state index in [1.165, 1.54) is 24.5 Å². The van der Waals surface area contributed by atoms with Gasteiger partial charge >= 0.3 is 0 Å². The molecule has 0 bridgehead atoms. The topological polar surface area (TPSA) is 55.1 Å². The number of aromatic nitrogens is 2. The number of nitrogens with zero attached hydrogens (tertiary/aromatic N) is 2. The number of hydrogen-bond acceptors (Lipinski definition) is 3. The van der Waals surface area contributed by atoms with E-state index in [2.05, 4.69) is 4.98 Å². The van der Waals surface area contributed by atoms with Crippen LogP contribution in [0.1, 0.15) is 34.3 Å². The molecule has 4 nitrogen and oxygen atoms in total. The first-order chi connectivity index (χ1) is 12.5. The minimum absolute atomic E-state index is 0.0146. The molecule has 2 aromatic carbocycles. The average Bonchev–Trinajstić information content (AvgIpc) is 3.22. The molecule has 3 aromatic rings. The van der Waals surface area contributed by atoms with Crippen LogP contribution in [-0.2, 0) is 0 Å². The quantitative estimate of drug-likeness (QED) is 0.702. The fourth-order valence-electron chi connectivity index (χ4n) is 3.34. The molecule has 1 aliphatic rings. The number of carbonyl (C=O) groups excluding carboxylic acids is 1. The van der Waals surface area contributed by atoms with Gasteiger partial charge in [0.05, 0.1) is 17.6 Å². The number of aromatic hydroxyl groups is 1. The summed E-state index contributed by atoms with van der Waals surface area (Å²) in [5, 5.41) is 9.93. The number of imidazole rings is 1. The number of allylic oxidation sites excluding steroid dienone is 1. The predicted molar refractivity (Wildman–Crippen MR) is 92.3 cm³/mol. The Kier molecular flexibility index (Phi) is 3.68. The second-order valence-electron chi connectivity index (χ2n) is 6.19. The molecule has 6 heteroatoms. The highest BCUT2D eigenvalue weighted by Gasteiger charge is 2.36. The first-order valence-corrected chi connectivity index (χ1v) is 8.03. The van der Waals surface area contributed by atoms with Crippen LogP contribution in [0.5, 0.6) is 5.75 Å². The average molecular weight is 352 g/mol. The van der Waals surface area contributed by atoms with Crippen LogP contribution in [0.3, 0.4) is 0 Å². The first-order valence-electron chi connectivity index (χ1n) is 8.03. The second kappa shape index (κ2) is 5.91. The highest BCUT2D eigenvalue weighted by molar-refractivity contribution is 6.18. The summed E-state index contributed by atoms with van der Waals surface area (Å²) in [4.78, 5) is 16.5. The number of phenols is 1. The van der Waals surface area contributed by atoms with E-state index in [-0.39, 0.29) is 16.9 Å². The Balaban J connectivity index is 1.76. The summed E-state index contributed by atoms with van der Waals surface area (Å²) in [5.74, 6) is -2.22. The number of ketones is 1. The van der Waals surface area contributed by atoms with Crippen LogP contribution in [-0.4, -0.2) is 20.4 Å². The van der Waals surface area contributed by atoms with Crippen molar-refractivity contribution in [1.82, 2.24) is 9.55 Å². The lowest BCUT2D eigenvalue weighted by Crippen LogP contribution is -1.99. The monoisotopic (exact) mass is 352 g/mol. The largest absolute Gasteiger partial charge is 0.507 e. The normalized spacial score (nSPS) is 17.7. The summed E-state index contributed by atoms with van der Waals surface area (Å²) in [5.41, 5.74) is 1.29. The van der Waals surface area contributed by atoms with Crippen molar-refractivity contribution in [2.45, 2.75) is 12.8 Å². The van der Waals surface area contributed by atoms with Crippen LogP contribution in [0.25, 0.3) is 11.8 Å². The fourth-order valence-corrected chi connectivity index (χ4v) is 3.34. The number of fused-ring (bicyclic) bond motifs is 1. The Labute approximate surface area is 148 Å². The number of Topliss-reactive ketones (excluding diaryl/α,β-unsaturated/α-hetero) is 1. The molecule has 0 spiro atoms. The van der Waals surface area contributed by atoms with E-state index >= 15 is 0 Å². The maximum atomic E-state index is 14.4. The Hall–Kier alpha value is -3.28. The van der Waals surface area contributed by atoms with Gasteiger partial charge in [0.2, 0.25) is 0 Å². The molecule has 0 amide bonds. The van der Waals surface area contributed by atoms with Crippen LogP contribution >= 0.6 is 0 Å². The van der Waals surface area contributed by atoms with Crippen LogP contribution < -0.4 is 0 Å². The molecule has 1 N–H and O–H groups in total. The van der Waals surface area contributed by atoms with Gasteiger partial charge < -0.3 is 9.67 Å². The zero-order chi connectivity index (χ0) is 18.4. The maximum Gasteiger partial charge on any atom is 0.193 e. The summed E-state index contributed by atoms with van der Waals surface area (Å²) >= 11 is 0. The summed E-state index contributed by atoms with van der Waals surface area (Å²) in [6.07, 6.45) is 6.20. The maximum absolute atomic E-state index is 14.4. The van der Waals surface area contributed by atoms with E-state index in [0.29, 0.717) is 16.8 Å². The third-order valence-corrected chi connectivity index (χ3v) is 4.64. The van der Waals surface area contributed by atoms with Gasteiger partial charge in [-0.05, 0) is 35.9 Å². The highest BCUT2D eigenvalue weighted by atomic mass is 19.1. The van der Waals surface area contributed by atoms with E-state index in [9.17, 15) is 18.7 Å². The lowest BCUT2D eigenvalue weighted by atomic mass is 9.97. The number of carbonyl (C=O) groups is 1.